The van der Waals surface area contributed by atoms with Crippen molar-refractivity contribution >= 4 is 22.8 Å². The van der Waals surface area contributed by atoms with Gasteiger partial charge in [-0.2, -0.15) is 0 Å². The highest BCUT2D eigenvalue weighted by Crippen LogP contribution is 2.37. The largest absolute Gasteiger partial charge is 0.455 e. The average Bonchev–Trinajstić information content (AvgIpc) is 2.79. The van der Waals surface area contributed by atoms with Crippen molar-refractivity contribution in [2.24, 2.45) is 11.8 Å². The monoisotopic (exact) mass is 470 g/mol. The Balaban J connectivity index is 1.98. The van der Waals surface area contributed by atoms with Crippen molar-refractivity contribution in [1.82, 2.24) is 9.80 Å². The lowest BCUT2D eigenvalue weighted by Crippen LogP contribution is -2.57. The van der Waals surface area contributed by atoms with Gasteiger partial charge in [0, 0.05) is 14.2 Å². The zero-order valence-electron chi connectivity index (χ0n) is 21.2. The van der Waals surface area contributed by atoms with E-state index >= 15 is 0 Å². The highest BCUT2D eigenvalue weighted by Gasteiger charge is 2.35. The molecular formula is C27H38N2O5. The Hall–Kier alpha value is -2.64. The molecule has 0 N–H and O–H groups in total. The van der Waals surface area contributed by atoms with Crippen LogP contribution in [0.4, 0.5) is 4.79 Å². The number of amides is 2. The molecule has 0 saturated carbocycles. The molecule has 0 bridgehead atoms. The van der Waals surface area contributed by atoms with Crippen LogP contribution in [-0.4, -0.2) is 68.7 Å². The maximum absolute atomic E-state index is 13.8. The highest BCUT2D eigenvalue weighted by atomic mass is 16.5. The standard InChI is InChI=1S/C27H38N2O5/c1-18(2)13-24(19(3)4)23-12-11-20-9-7-8-10-22(20)25(23)26(30)34-21-14-28(16-32-5)27(31)29(15-21)17-33-6/h7-12,18-19,21,24H,13-17H2,1-6H3. The number of esters is 1. The zero-order valence-corrected chi connectivity index (χ0v) is 21.2. The molecule has 1 heterocycles. The number of methoxy groups -OCH3 is 2. The van der Waals surface area contributed by atoms with Crippen LogP contribution in [0.2, 0.25) is 0 Å². The summed E-state index contributed by atoms with van der Waals surface area (Å²) in [6.45, 7) is 9.62. The number of ether oxygens (including phenoxy) is 3. The third-order valence-electron chi connectivity index (χ3n) is 6.33. The molecule has 3 rings (SSSR count). The second kappa shape index (κ2) is 11.7. The molecule has 1 aliphatic rings. The second-order valence-corrected chi connectivity index (χ2v) is 9.82. The Morgan fingerprint density at radius 2 is 1.59 bits per heavy atom. The lowest BCUT2D eigenvalue weighted by molar-refractivity contribution is -0.0401. The molecule has 0 aromatic heterocycles. The molecule has 7 nitrogen and oxygen atoms in total. The molecule has 34 heavy (non-hydrogen) atoms. The average molecular weight is 471 g/mol. The first-order valence-corrected chi connectivity index (χ1v) is 12.0. The van der Waals surface area contributed by atoms with Crippen LogP contribution in [0.5, 0.6) is 0 Å². The molecule has 1 fully saturated rings. The molecule has 1 atom stereocenters. The van der Waals surface area contributed by atoms with Gasteiger partial charge >= 0.3 is 12.0 Å². The Morgan fingerprint density at radius 1 is 0.971 bits per heavy atom. The molecule has 186 valence electrons. The van der Waals surface area contributed by atoms with Crippen LogP contribution in [0.1, 0.15) is 56.0 Å². The highest BCUT2D eigenvalue weighted by molar-refractivity contribution is 6.06. The van der Waals surface area contributed by atoms with E-state index in [0.29, 0.717) is 17.4 Å². The predicted octanol–water partition coefficient (Wildman–Crippen LogP) is 5.10. The van der Waals surface area contributed by atoms with Crippen molar-refractivity contribution in [2.45, 2.75) is 46.1 Å². The van der Waals surface area contributed by atoms with E-state index in [9.17, 15) is 9.59 Å². The van der Waals surface area contributed by atoms with E-state index in [1.54, 1.807) is 0 Å². The second-order valence-electron chi connectivity index (χ2n) is 9.82. The summed E-state index contributed by atoms with van der Waals surface area (Å²) in [4.78, 5) is 29.5. The number of hydrogen-bond donors (Lipinski definition) is 0. The summed E-state index contributed by atoms with van der Waals surface area (Å²) >= 11 is 0. The van der Waals surface area contributed by atoms with Gasteiger partial charge in [-0.25, -0.2) is 9.59 Å². The molecule has 1 saturated heterocycles. The normalized spacial score (nSPS) is 16.1. The van der Waals surface area contributed by atoms with Gasteiger partial charge in [-0.1, -0.05) is 64.1 Å². The first kappa shape index (κ1) is 26.0. The SMILES string of the molecule is COCN1CC(OC(=O)c2c(C(CC(C)C)C(C)C)ccc3ccccc23)CN(COC)C1=O. The number of hydrogen-bond acceptors (Lipinski definition) is 5. The van der Waals surface area contributed by atoms with Gasteiger partial charge in [0.2, 0.25) is 0 Å². The predicted molar refractivity (Wildman–Crippen MR) is 133 cm³/mol. The lowest BCUT2D eigenvalue weighted by atomic mass is 9.79. The number of carbonyl (C=O) groups is 2. The lowest BCUT2D eigenvalue weighted by Gasteiger charge is -2.38. The molecule has 2 aromatic rings. The minimum atomic E-state index is -0.495. The van der Waals surface area contributed by atoms with Crippen LogP contribution >= 0.6 is 0 Å². The summed E-state index contributed by atoms with van der Waals surface area (Å²) in [6, 6.07) is 11.9. The van der Waals surface area contributed by atoms with Crippen molar-refractivity contribution in [3.63, 3.8) is 0 Å². The van der Waals surface area contributed by atoms with Crippen LogP contribution in [0, 0.1) is 11.8 Å². The Kier molecular flexibility index (Phi) is 8.91. The van der Waals surface area contributed by atoms with Crippen LogP contribution in [-0.2, 0) is 14.2 Å². The van der Waals surface area contributed by atoms with Gasteiger partial charge in [-0.05, 0) is 40.5 Å². The summed E-state index contributed by atoms with van der Waals surface area (Å²) in [5.41, 5.74) is 1.66. The van der Waals surface area contributed by atoms with Gasteiger partial charge in [-0.3, -0.25) is 9.80 Å². The van der Waals surface area contributed by atoms with E-state index in [4.69, 9.17) is 14.2 Å². The van der Waals surface area contributed by atoms with Gasteiger partial charge in [0.15, 0.2) is 0 Å². The first-order valence-electron chi connectivity index (χ1n) is 12.0. The fraction of sp³-hybridized carbons (Fsp3) is 0.556. The molecule has 0 spiro atoms. The summed E-state index contributed by atoms with van der Waals surface area (Å²) in [5.74, 6) is 0.750. The van der Waals surface area contributed by atoms with Gasteiger partial charge in [0.1, 0.15) is 19.6 Å². The minimum absolute atomic E-state index is 0.121. The minimum Gasteiger partial charge on any atom is -0.455 e. The van der Waals surface area contributed by atoms with Crippen LogP contribution in [0.15, 0.2) is 36.4 Å². The van der Waals surface area contributed by atoms with Crippen LogP contribution in [0.25, 0.3) is 10.8 Å². The molecule has 2 aromatic carbocycles. The van der Waals surface area contributed by atoms with Gasteiger partial charge in [-0.15, -0.1) is 0 Å². The van der Waals surface area contributed by atoms with Gasteiger partial charge in [0.05, 0.1) is 18.7 Å². The Morgan fingerprint density at radius 3 is 2.15 bits per heavy atom. The number of rotatable bonds is 10. The van der Waals surface area contributed by atoms with E-state index in [1.165, 1.54) is 24.0 Å². The fourth-order valence-electron chi connectivity index (χ4n) is 4.81. The van der Waals surface area contributed by atoms with E-state index in [-0.39, 0.29) is 44.5 Å². The van der Waals surface area contributed by atoms with E-state index in [1.807, 2.05) is 24.3 Å². The Labute approximate surface area is 202 Å². The molecule has 2 amide bonds. The molecule has 0 aliphatic carbocycles. The number of carbonyl (C=O) groups excluding carboxylic acids is 2. The molecule has 0 radical (unpaired) electrons. The van der Waals surface area contributed by atoms with Crippen molar-refractivity contribution in [2.75, 3.05) is 40.8 Å². The van der Waals surface area contributed by atoms with Crippen LogP contribution < -0.4 is 0 Å². The van der Waals surface area contributed by atoms with Crippen molar-refractivity contribution in [3.8, 4) is 0 Å². The fourth-order valence-corrected chi connectivity index (χ4v) is 4.81. The molecular weight excluding hydrogens is 432 g/mol. The third-order valence-corrected chi connectivity index (χ3v) is 6.33. The van der Waals surface area contributed by atoms with E-state index in [2.05, 4.69) is 39.8 Å². The van der Waals surface area contributed by atoms with Crippen molar-refractivity contribution in [1.29, 1.82) is 0 Å². The number of benzene rings is 2. The topological polar surface area (TPSA) is 68.3 Å². The molecule has 7 heteroatoms. The summed E-state index contributed by atoms with van der Waals surface area (Å²) in [5, 5.41) is 1.90. The quantitative estimate of drug-likeness (QED) is 0.452. The summed E-state index contributed by atoms with van der Waals surface area (Å²) in [7, 11) is 3.07. The number of urea groups is 1. The third kappa shape index (κ3) is 5.88. The first-order chi connectivity index (χ1) is 16.3. The number of nitrogens with zero attached hydrogens (tertiary/aromatic N) is 2. The van der Waals surface area contributed by atoms with Crippen molar-refractivity contribution in [3.05, 3.63) is 47.5 Å². The maximum atomic E-state index is 13.8. The van der Waals surface area contributed by atoms with Crippen LogP contribution in [0.3, 0.4) is 0 Å². The Bertz CT molecular complexity index is 972. The smallest absolute Gasteiger partial charge is 0.339 e. The van der Waals surface area contributed by atoms with E-state index in [0.717, 1.165) is 22.8 Å². The van der Waals surface area contributed by atoms with E-state index < -0.39 is 6.10 Å². The summed E-state index contributed by atoms with van der Waals surface area (Å²) < 4.78 is 16.4. The summed E-state index contributed by atoms with van der Waals surface area (Å²) in [6.07, 6.45) is 0.488. The zero-order chi connectivity index (χ0) is 24.8. The molecule has 1 unspecified atom stereocenters. The maximum Gasteiger partial charge on any atom is 0.339 e. The van der Waals surface area contributed by atoms with Gasteiger partial charge in [0.25, 0.3) is 0 Å². The molecule has 1 aliphatic heterocycles. The van der Waals surface area contributed by atoms with Crippen molar-refractivity contribution < 1.29 is 23.8 Å². The van der Waals surface area contributed by atoms with Gasteiger partial charge < -0.3 is 14.2 Å². The number of fused-ring (bicyclic) bond motifs is 1.